The van der Waals surface area contributed by atoms with E-state index >= 15 is 0 Å². The number of rotatable bonds is 11. The van der Waals surface area contributed by atoms with Gasteiger partial charge in [0.2, 0.25) is 15.9 Å². The monoisotopic (exact) mass is 433 g/mol. The normalized spacial score (nSPS) is 11.4. The van der Waals surface area contributed by atoms with Gasteiger partial charge in [0.1, 0.15) is 5.75 Å². The summed E-state index contributed by atoms with van der Waals surface area (Å²) in [5.41, 5.74) is 1.21. The van der Waals surface area contributed by atoms with E-state index in [9.17, 15) is 13.2 Å². The van der Waals surface area contributed by atoms with Gasteiger partial charge >= 0.3 is 0 Å². The molecule has 164 valence electrons. The lowest BCUT2D eigenvalue weighted by Crippen LogP contribution is -2.30. The average molecular weight is 434 g/mol. The van der Waals surface area contributed by atoms with Crippen molar-refractivity contribution in [3.63, 3.8) is 0 Å². The topological polar surface area (TPSA) is 79.0 Å². The summed E-state index contributed by atoms with van der Waals surface area (Å²) in [5.74, 6) is 0.578. The molecule has 0 spiro atoms. The van der Waals surface area contributed by atoms with Crippen molar-refractivity contribution < 1.29 is 17.9 Å². The molecule has 7 nitrogen and oxygen atoms in total. The maximum Gasteiger partial charge on any atom is 0.243 e. The van der Waals surface area contributed by atoms with Crippen LogP contribution >= 0.6 is 0 Å². The smallest absolute Gasteiger partial charge is 0.243 e. The van der Waals surface area contributed by atoms with Crippen LogP contribution in [-0.2, 0) is 14.8 Å². The third-order valence-electron chi connectivity index (χ3n) is 4.63. The second-order valence-electron chi connectivity index (χ2n) is 6.98. The number of benzene rings is 2. The fraction of sp³-hybridized carbons (Fsp3) is 0.409. The Morgan fingerprint density at radius 2 is 1.70 bits per heavy atom. The molecule has 0 fully saturated rings. The first kappa shape index (κ1) is 23.7. The summed E-state index contributed by atoms with van der Waals surface area (Å²) in [6, 6.07) is 14.3. The molecule has 0 unspecified atom stereocenters. The quantitative estimate of drug-likeness (QED) is 0.548. The number of carbonyl (C=O) groups is 1. The molecule has 30 heavy (non-hydrogen) atoms. The molecule has 0 atom stereocenters. The molecule has 1 N–H and O–H groups in total. The fourth-order valence-electron chi connectivity index (χ4n) is 3.03. The predicted molar refractivity (Wildman–Crippen MR) is 121 cm³/mol. The van der Waals surface area contributed by atoms with Crippen molar-refractivity contribution in [1.82, 2.24) is 4.31 Å². The van der Waals surface area contributed by atoms with Crippen LogP contribution < -0.4 is 15.0 Å². The summed E-state index contributed by atoms with van der Waals surface area (Å²) >= 11 is 0. The van der Waals surface area contributed by atoms with Gasteiger partial charge in [-0.05, 0) is 36.8 Å². The largest absolute Gasteiger partial charge is 0.494 e. The van der Waals surface area contributed by atoms with E-state index in [1.165, 1.54) is 10.4 Å². The lowest BCUT2D eigenvalue weighted by molar-refractivity contribution is -0.116. The van der Waals surface area contributed by atoms with Crippen LogP contribution in [0, 0.1) is 0 Å². The summed E-state index contributed by atoms with van der Waals surface area (Å²) in [6.07, 6.45) is 0.822. The van der Waals surface area contributed by atoms with Crippen molar-refractivity contribution in [2.75, 3.05) is 44.0 Å². The van der Waals surface area contributed by atoms with Gasteiger partial charge in [-0.15, -0.1) is 0 Å². The molecular weight excluding hydrogens is 402 g/mol. The highest BCUT2D eigenvalue weighted by atomic mass is 32.2. The highest BCUT2D eigenvalue weighted by Gasteiger charge is 2.23. The number of nitrogens with one attached hydrogen (secondary N) is 1. The number of hydrogen-bond donors (Lipinski definition) is 1. The van der Waals surface area contributed by atoms with Crippen LogP contribution in [0.3, 0.4) is 0 Å². The lowest BCUT2D eigenvalue weighted by atomic mass is 10.2. The highest BCUT2D eigenvalue weighted by molar-refractivity contribution is 7.89. The Bertz CT molecular complexity index is 927. The van der Waals surface area contributed by atoms with Gasteiger partial charge in [-0.2, -0.15) is 4.31 Å². The summed E-state index contributed by atoms with van der Waals surface area (Å²) in [5, 5.41) is 2.86. The lowest BCUT2D eigenvalue weighted by Gasteiger charge is -2.22. The van der Waals surface area contributed by atoms with Gasteiger partial charge in [0.05, 0.1) is 22.9 Å². The number of para-hydroxylation sites is 1. The van der Waals surface area contributed by atoms with Crippen LogP contribution in [0.4, 0.5) is 11.4 Å². The fourth-order valence-corrected chi connectivity index (χ4v) is 4.52. The molecule has 0 radical (unpaired) electrons. The number of hydrogen-bond acceptors (Lipinski definition) is 5. The third kappa shape index (κ3) is 6.21. The Morgan fingerprint density at radius 1 is 1.03 bits per heavy atom. The van der Waals surface area contributed by atoms with E-state index in [1.807, 2.05) is 49.3 Å². The summed E-state index contributed by atoms with van der Waals surface area (Å²) < 4.78 is 32.7. The average Bonchev–Trinajstić information content (AvgIpc) is 2.72. The molecule has 2 aromatic carbocycles. The van der Waals surface area contributed by atoms with E-state index in [4.69, 9.17) is 4.74 Å². The third-order valence-corrected chi connectivity index (χ3v) is 6.67. The molecular formula is C22H31N3O4S. The number of carbonyl (C=O) groups excluding carboxylic acids is 1. The van der Waals surface area contributed by atoms with Crippen molar-refractivity contribution in [3.05, 3.63) is 48.5 Å². The summed E-state index contributed by atoms with van der Waals surface area (Å²) in [6.45, 7) is 4.80. The van der Waals surface area contributed by atoms with Gasteiger partial charge in [-0.25, -0.2) is 8.42 Å². The zero-order chi connectivity index (χ0) is 22.1. The zero-order valence-electron chi connectivity index (χ0n) is 18.1. The molecule has 0 aliphatic carbocycles. The Balaban J connectivity index is 2.07. The van der Waals surface area contributed by atoms with Gasteiger partial charge < -0.3 is 15.0 Å². The minimum Gasteiger partial charge on any atom is -0.494 e. The van der Waals surface area contributed by atoms with E-state index in [1.54, 1.807) is 26.0 Å². The zero-order valence-corrected chi connectivity index (χ0v) is 18.9. The Labute approximate surface area is 179 Å². The van der Waals surface area contributed by atoms with Gasteiger partial charge in [0, 0.05) is 33.6 Å². The SMILES string of the molecule is CCN(CC)S(=O)(=O)c1ccc(N(C)C)c(NC(=O)CCCOc2ccccc2)c1. The van der Waals surface area contributed by atoms with E-state index < -0.39 is 10.0 Å². The minimum atomic E-state index is -3.61. The van der Waals surface area contributed by atoms with Crippen LogP contribution in [0.2, 0.25) is 0 Å². The van der Waals surface area contributed by atoms with Crippen LogP contribution in [-0.4, -0.2) is 52.4 Å². The summed E-state index contributed by atoms with van der Waals surface area (Å²) in [4.78, 5) is 14.5. The van der Waals surface area contributed by atoms with E-state index in [2.05, 4.69) is 5.32 Å². The minimum absolute atomic E-state index is 0.166. The Morgan fingerprint density at radius 3 is 2.30 bits per heavy atom. The van der Waals surface area contributed by atoms with Crippen LogP contribution in [0.15, 0.2) is 53.4 Å². The standard InChI is InChI=1S/C22H31N3O4S/c1-5-25(6-2)30(27,28)19-14-15-21(24(3)4)20(17-19)23-22(26)13-10-16-29-18-11-8-7-9-12-18/h7-9,11-12,14-15,17H,5-6,10,13,16H2,1-4H3,(H,23,26). The Kier molecular flexibility index (Phi) is 8.68. The van der Waals surface area contributed by atoms with Crippen LogP contribution in [0.1, 0.15) is 26.7 Å². The maximum atomic E-state index is 12.8. The molecule has 0 saturated heterocycles. The molecule has 0 saturated carbocycles. The van der Waals surface area contributed by atoms with Crippen LogP contribution in [0.25, 0.3) is 0 Å². The molecule has 0 aliphatic heterocycles. The highest BCUT2D eigenvalue weighted by Crippen LogP contribution is 2.29. The van der Waals surface area contributed by atoms with Crippen molar-refractivity contribution in [2.24, 2.45) is 0 Å². The predicted octanol–water partition coefficient (Wildman–Crippen LogP) is 3.58. The molecule has 2 rings (SSSR count). The van der Waals surface area contributed by atoms with Crippen molar-refractivity contribution in [1.29, 1.82) is 0 Å². The van der Waals surface area contributed by atoms with Gasteiger partial charge in [-0.1, -0.05) is 32.0 Å². The number of amides is 1. The van der Waals surface area contributed by atoms with E-state index in [0.29, 0.717) is 31.8 Å². The second-order valence-corrected chi connectivity index (χ2v) is 8.91. The van der Waals surface area contributed by atoms with Crippen molar-refractivity contribution in [3.8, 4) is 5.75 Å². The molecule has 0 aromatic heterocycles. The maximum absolute atomic E-state index is 12.8. The van der Waals surface area contributed by atoms with E-state index in [0.717, 1.165) is 11.4 Å². The number of anilines is 2. The number of ether oxygens (including phenoxy) is 1. The van der Waals surface area contributed by atoms with Gasteiger partial charge in [-0.3, -0.25) is 4.79 Å². The number of sulfonamides is 1. The molecule has 2 aromatic rings. The van der Waals surface area contributed by atoms with E-state index in [-0.39, 0.29) is 17.2 Å². The Hall–Kier alpha value is -2.58. The molecule has 1 amide bonds. The molecule has 0 bridgehead atoms. The molecule has 0 heterocycles. The van der Waals surface area contributed by atoms with Crippen LogP contribution in [0.5, 0.6) is 5.75 Å². The van der Waals surface area contributed by atoms with Gasteiger partial charge in [0.15, 0.2) is 0 Å². The van der Waals surface area contributed by atoms with Crippen molar-refractivity contribution >= 4 is 27.3 Å². The summed E-state index contributed by atoms with van der Waals surface area (Å²) in [7, 11) is 0.0790. The molecule has 0 aliphatic rings. The van der Waals surface area contributed by atoms with Gasteiger partial charge in [0.25, 0.3) is 0 Å². The second kappa shape index (κ2) is 11.0. The first-order valence-electron chi connectivity index (χ1n) is 10.1. The first-order valence-corrected chi connectivity index (χ1v) is 11.5. The van der Waals surface area contributed by atoms with Crippen molar-refractivity contribution in [2.45, 2.75) is 31.6 Å². The molecule has 8 heteroatoms. The first-order chi connectivity index (χ1) is 14.3. The number of nitrogens with zero attached hydrogens (tertiary/aromatic N) is 2.